The SMILES string of the molecule is CCCC(=N)C1CCC(O)(c2ccc(C(C)(C)O)cc2)CC1. The number of benzene rings is 1. The van der Waals surface area contributed by atoms with Gasteiger partial charge in [-0.15, -0.1) is 0 Å². The first-order valence-electron chi connectivity index (χ1n) is 8.39. The molecule has 2 rings (SSSR count). The second kappa shape index (κ2) is 6.51. The maximum atomic E-state index is 10.9. The predicted molar refractivity (Wildman–Crippen MR) is 90.2 cm³/mol. The Labute approximate surface area is 133 Å². The highest BCUT2D eigenvalue weighted by molar-refractivity contribution is 5.83. The summed E-state index contributed by atoms with van der Waals surface area (Å²) in [6, 6.07) is 7.67. The molecule has 0 spiro atoms. The van der Waals surface area contributed by atoms with Gasteiger partial charge in [0.15, 0.2) is 0 Å². The Morgan fingerprint density at radius 1 is 1.23 bits per heavy atom. The van der Waals surface area contributed by atoms with E-state index in [1.54, 1.807) is 13.8 Å². The van der Waals surface area contributed by atoms with Crippen molar-refractivity contribution in [2.24, 2.45) is 5.92 Å². The van der Waals surface area contributed by atoms with Crippen LogP contribution in [0.1, 0.15) is 70.4 Å². The molecular formula is C19H29NO2. The van der Waals surface area contributed by atoms with Crippen LogP contribution in [0.15, 0.2) is 24.3 Å². The highest BCUT2D eigenvalue weighted by Gasteiger charge is 2.35. The van der Waals surface area contributed by atoms with Crippen LogP contribution in [0.5, 0.6) is 0 Å². The van der Waals surface area contributed by atoms with Crippen molar-refractivity contribution >= 4 is 5.71 Å². The standard InChI is InChI=1S/C19H29NO2/c1-4-5-17(20)14-10-12-19(22,13-11-14)16-8-6-15(7-9-16)18(2,3)21/h6-9,14,20-22H,4-5,10-13H2,1-3H3. The van der Waals surface area contributed by atoms with Crippen molar-refractivity contribution in [2.75, 3.05) is 0 Å². The minimum Gasteiger partial charge on any atom is -0.386 e. The third-order valence-corrected chi connectivity index (χ3v) is 4.95. The van der Waals surface area contributed by atoms with E-state index in [1.807, 2.05) is 24.3 Å². The van der Waals surface area contributed by atoms with Gasteiger partial charge in [0.25, 0.3) is 0 Å². The molecule has 1 aromatic rings. The lowest BCUT2D eigenvalue weighted by molar-refractivity contribution is -0.00731. The van der Waals surface area contributed by atoms with Crippen molar-refractivity contribution in [3.05, 3.63) is 35.4 Å². The number of aliphatic hydroxyl groups is 2. The zero-order valence-electron chi connectivity index (χ0n) is 14.0. The summed E-state index contributed by atoms with van der Waals surface area (Å²) in [6.07, 6.45) is 5.11. The summed E-state index contributed by atoms with van der Waals surface area (Å²) >= 11 is 0. The molecule has 122 valence electrons. The highest BCUT2D eigenvalue weighted by Crippen LogP contribution is 2.40. The predicted octanol–water partition coefficient (Wildman–Crippen LogP) is 4.11. The van der Waals surface area contributed by atoms with Gasteiger partial charge in [-0.2, -0.15) is 0 Å². The fraction of sp³-hybridized carbons (Fsp3) is 0.632. The Bertz CT molecular complexity index is 505. The van der Waals surface area contributed by atoms with Crippen LogP contribution < -0.4 is 0 Å². The summed E-state index contributed by atoms with van der Waals surface area (Å²) in [7, 11) is 0. The first kappa shape index (κ1) is 17.2. The van der Waals surface area contributed by atoms with Gasteiger partial charge in [0, 0.05) is 5.71 Å². The molecule has 0 heterocycles. The van der Waals surface area contributed by atoms with Crippen LogP contribution in [0.3, 0.4) is 0 Å². The second-order valence-corrected chi connectivity index (χ2v) is 7.22. The van der Waals surface area contributed by atoms with Crippen molar-refractivity contribution in [1.82, 2.24) is 0 Å². The maximum Gasteiger partial charge on any atom is 0.0897 e. The summed E-state index contributed by atoms with van der Waals surface area (Å²) in [6.45, 7) is 5.64. The number of hydrogen-bond acceptors (Lipinski definition) is 3. The van der Waals surface area contributed by atoms with Gasteiger partial charge < -0.3 is 15.6 Å². The van der Waals surface area contributed by atoms with E-state index in [1.165, 1.54) is 0 Å². The smallest absolute Gasteiger partial charge is 0.0897 e. The molecule has 1 saturated carbocycles. The molecule has 0 unspecified atom stereocenters. The van der Waals surface area contributed by atoms with E-state index in [0.717, 1.165) is 42.5 Å². The van der Waals surface area contributed by atoms with Crippen molar-refractivity contribution in [1.29, 1.82) is 5.41 Å². The highest BCUT2D eigenvalue weighted by atomic mass is 16.3. The molecule has 1 aliphatic rings. The first-order chi connectivity index (χ1) is 10.3. The van der Waals surface area contributed by atoms with Crippen LogP contribution in [0, 0.1) is 11.3 Å². The van der Waals surface area contributed by atoms with E-state index in [2.05, 4.69) is 6.92 Å². The van der Waals surface area contributed by atoms with E-state index in [-0.39, 0.29) is 0 Å². The normalized spacial score (nSPS) is 26.0. The summed E-state index contributed by atoms with van der Waals surface area (Å²) in [5.74, 6) is 0.343. The molecule has 0 atom stereocenters. The summed E-state index contributed by atoms with van der Waals surface area (Å²) in [5.41, 5.74) is 1.01. The van der Waals surface area contributed by atoms with Gasteiger partial charge in [0.1, 0.15) is 0 Å². The monoisotopic (exact) mass is 303 g/mol. The average Bonchev–Trinajstić information content (AvgIpc) is 2.47. The molecule has 0 bridgehead atoms. The Hall–Kier alpha value is -1.19. The fourth-order valence-electron chi connectivity index (χ4n) is 3.39. The molecule has 0 saturated heterocycles. The van der Waals surface area contributed by atoms with Crippen molar-refractivity contribution in [3.63, 3.8) is 0 Å². The molecular weight excluding hydrogens is 274 g/mol. The molecule has 0 aliphatic heterocycles. The van der Waals surface area contributed by atoms with Crippen molar-refractivity contribution < 1.29 is 10.2 Å². The van der Waals surface area contributed by atoms with E-state index in [0.29, 0.717) is 18.8 Å². The Kier molecular flexibility index (Phi) is 5.08. The minimum atomic E-state index is -0.853. The molecule has 3 heteroatoms. The van der Waals surface area contributed by atoms with Gasteiger partial charge in [0.2, 0.25) is 0 Å². The van der Waals surface area contributed by atoms with Gasteiger partial charge in [-0.1, -0.05) is 37.6 Å². The number of rotatable bonds is 5. The molecule has 0 aromatic heterocycles. The van der Waals surface area contributed by atoms with Gasteiger partial charge in [-0.3, -0.25) is 0 Å². The van der Waals surface area contributed by atoms with Crippen molar-refractivity contribution in [2.45, 2.75) is 70.5 Å². The Balaban J connectivity index is 2.05. The zero-order valence-corrected chi connectivity index (χ0v) is 14.0. The molecule has 0 amide bonds. The van der Waals surface area contributed by atoms with Crippen LogP contribution in [-0.4, -0.2) is 15.9 Å². The lowest BCUT2D eigenvalue weighted by Crippen LogP contribution is -2.33. The van der Waals surface area contributed by atoms with E-state index in [9.17, 15) is 10.2 Å². The van der Waals surface area contributed by atoms with E-state index in [4.69, 9.17) is 5.41 Å². The molecule has 22 heavy (non-hydrogen) atoms. The molecule has 1 aromatic carbocycles. The van der Waals surface area contributed by atoms with Gasteiger partial charge in [0.05, 0.1) is 11.2 Å². The third kappa shape index (κ3) is 3.76. The molecule has 1 fully saturated rings. The maximum absolute atomic E-state index is 10.9. The van der Waals surface area contributed by atoms with Crippen LogP contribution in [-0.2, 0) is 11.2 Å². The van der Waals surface area contributed by atoms with E-state index < -0.39 is 11.2 Å². The summed E-state index contributed by atoms with van der Waals surface area (Å²) < 4.78 is 0. The largest absolute Gasteiger partial charge is 0.386 e. The number of hydrogen-bond donors (Lipinski definition) is 3. The molecule has 0 radical (unpaired) electrons. The van der Waals surface area contributed by atoms with Gasteiger partial charge in [-0.25, -0.2) is 0 Å². The fourth-order valence-corrected chi connectivity index (χ4v) is 3.39. The lowest BCUT2D eigenvalue weighted by Gasteiger charge is -2.37. The second-order valence-electron chi connectivity index (χ2n) is 7.22. The van der Waals surface area contributed by atoms with Gasteiger partial charge >= 0.3 is 0 Å². The number of nitrogens with one attached hydrogen (secondary N) is 1. The molecule has 3 nitrogen and oxygen atoms in total. The van der Waals surface area contributed by atoms with Crippen LogP contribution >= 0.6 is 0 Å². The minimum absolute atomic E-state index is 0.343. The molecule has 3 N–H and O–H groups in total. The van der Waals surface area contributed by atoms with E-state index >= 15 is 0 Å². The third-order valence-electron chi connectivity index (χ3n) is 4.95. The van der Waals surface area contributed by atoms with Crippen LogP contribution in [0.4, 0.5) is 0 Å². The lowest BCUT2D eigenvalue weighted by atomic mass is 9.73. The Morgan fingerprint density at radius 2 is 1.77 bits per heavy atom. The quantitative estimate of drug-likeness (QED) is 0.717. The average molecular weight is 303 g/mol. The van der Waals surface area contributed by atoms with Crippen LogP contribution in [0.25, 0.3) is 0 Å². The Morgan fingerprint density at radius 3 is 2.23 bits per heavy atom. The molecule has 1 aliphatic carbocycles. The summed E-state index contributed by atoms with van der Waals surface area (Å²) in [4.78, 5) is 0. The topological polar surface area (TPSA) is 64.3 Å². The van der Waals surface area contributed by atoms with Crippen LogP contribution in [0.2, 0.25) is 0 Å². The van der Waals surface area contributed by atoms with Crippen molar-refractivity contribution in [3.8, 4) is 0 Å². The zero-order chi connectivity index (χ0) is 16.4. The first-order valence-corrected chi connectivity index (χ1v) is 8.39. The summed E-state index contributed by atoms with van der Waals surface area (Å²) in [5, 5.41) is 29.1. The van der Waals surface area contributed by atoms with Gasteiger partial charge in [-0.05, 0) is 63.0 Å².